The molecule has 0 radical (unpaired) electrons. The molecule has 0 spiro atoms. The highest BCUT2D eigenvalue weighted by molar-refractivity contribution is 5.76. The van der Waals surface area contributed by atoms with Crippen LogP contribution in [0.5, 0.6) is 5.75 Å². The molecule has 1 aliphatic carbocycles. The van der Waals surface area contributed by atoms with Crippen molar-refractivity contribution in [3.05, 3.63) is 29.3 Å². The van der Waals surface area contributed by atoms with Gasteiger partial charge >= 0.3 is 5.97 Å². The van der Waals surface area contributed by atoms with Gasteiger partial charge in [0, 0.05) is 12.1 Å². The Morgan fingerprint density at radius 1 is 1.45 bits per heavy atom. The number of hydrogen-bond donors (Lipinski definition) is 3. The Morgan fingerprint density at radius 2 is 2.23 bits per heavy atom. The van der Waals surface area contributed by atoms with Crippen LogP contribution < -0.4 is 10.1 Å². The highest BCUT2D eigenvalue weighted by atomic mass is 16.5. The molecule has 2 aliphatic rings. The van der Waals surface area contributed by atoms with Gasteiger partial charge in [-0.25, -0.2) is 0 Å². The number of fused-ring (bicyclic) bond motifs is 1. The molecule has 3 rings (SSSR count). The highest BCUT2D eigenvalue weighted by Crippen LogP contribution is 2.41. The van der Waals surface area contributed by atoms with Crippen molar-refractivity contribution in [2.24, 2.45) is 5.41 Å². The largest absolute Gasteiger partial charge is 0.491 e. The fourth-order valence-electron chi connectivity index (χ4n) is 3.22. The second-order valence-corrected chi connectivity index (χ2v) is 6.41. The van der Waals surface area contributed by atoms with E-state index in [9.17, 15) is 15.0 Å². The molecule has 0 aromatic heterocycles. The predicted molar refractivity (Wildman–Crippen MR) is 82.0 cm³/mol. The molecule has 1 heterocycles. The van der Waals surface area contributed by atoms with Crippen molar-refractivity contribution in [2.75, 3.05) is 13.2 Å². The molecule has 120 valence electrons. The number of nitrogens with one attached hydrogen (secondary N) is 1. The minimum absolute atomic E-state index is 0.267. The first-order valence-electron chi connectivity index (χ1n) is 7.96. The summed E-state index contributed by atoms with van der Waals surface area (Å²) in [5, 5.41) is 23.1. The fourth-order valence-corrected chi connectivity index (χ4v) is 3.22. The van der Waals surface area contributed by atoms with Crippen molar-refractivity contribution < 1.29 is 19.7 Å². The maximum atomic E-state index is 11.4. The molecular weight excluding hydrogens is 282 g/mol. The first-order valence-corrected chi connectivity index (χ1v) is 7.96. The molecule has 1 fully saturated rings. The number of hydrogen-bond acceptors (Lipinski definition) is 4. The number of carboxylic acid groups (broad SMARTS) is 1. The van der Waals surface area contributed by atoms with Crippen molar-refractivity contribution in [2.45, 2.75) is 44.8 Å². The van der Waals surface area contributed by atoms with E-state index in [1.807, 2.05) is 18.2 Å². The van der Waals surface area contributed by atoms with Gasteiger partial charge in [0.1, 0.15) is 18.5 Å². The number of aliphatic hydroxyl groups excluding tert-OH is 1. The predicted octanol–water partition coefficient (Wildman–Crippen LogP) is 1.89. The summed E-state index contributed by atoms with van der Waals surface area (Å²) >= 11 is 0. The number of carbonyl (C=O) groups is 1. The lowest BCUT2D eigenvalue weighted by Gasteiger charge is -2.40. The third-order valence-electron chi connectivity index (χ3n) is 5.07. The van der Waals surface area contributed by atoms with E-state index in [-0.39, 0.29) is 6.04 Å². The topological polar surface area (TPSA) is 78.8 Å². The molecule has 5 nitrogen and oxygen atoms in total. The van der Waals surface area contributed by atoms with Crippen LogP contribution in [0.25, 0.3) is 0 Å². The van der Waals surface area contributed by atoms with Crippen LogP contribution in [-0.4, -0.2) is 35.4 Å². The van der Waals surface area contributed by atoms with Crippen molar-refractivity contribution in [3.8, 4) is 5.75 Å². The zero-order valence-electron chi connectivity index (χ0n) is 12.8. The molecule has 1 aromatic carbocycles. The Morgan fingerprint density at radius 3 is 2.82 bits per heavy atom. The lowest BCUT2D eigenvalue weighted by molar-refractivity contribution is -0.154. The summed E-state index contributed by atoms with van der Waals surface area (Å²) in [7, 11) is 0. The number of aliphatic hydroxyl groups is 1. The zero-order chi connectivity index (χ0) is 15.7. The van der Waals surface area contributed by atoms with Crippen LogP contribution in [0.15, 0.2) is 18.2 Å². The summed E-state index contributed by atoms with van der Waals surface area (Å²) < 4.78 is 5.76. The molecule has 0 amide bonds. The number of benzene rings is 1. The van der Waals surface area contributed by atoms with Crippen molar-refractivity contribution in [1.82, 2.24) is 5.32 Å². The van der Waals surface area contributed by atoms with Gasteiger partial charge in [-0.05, 0) is 30.9 Å². The number of ether oxygens (including phenoxy) is 1. The second-order valence-electron chi connectivity index (χ2n) is 6.41. The quantitative estimate of drug-likeness (QED) is 0.774. The van der Waals surface area contributed by atoms with Crippen LogP contribution in [0, 0.1) is 5.41 Å². The summed E-state index contributed by atoms with van der Waals surface area (Å²) in [4.78, 5) is 11.4. The van der Waals surface area contributed by atoms with Gasteiger partial charge in [0.2, 0.25) is 0 Å². The van der Waals surface area contributed by atoms with Gasteiger partial charge in [-0.15, -0.1) is 0 Å². The van der Waals surface area contributed by atoms with Gasteiger partial charge in [0.25, 0.3) is 0 Å². The molecule has 0 unspecified atom stereocenters. The normalized spacial score (nSPS) is 25.7. The van der Waals surface area contributed by atoms with Crippen LogP contribution >= 0.6 is 0 Å². The second kappa shape index (κ2) is 5.89. The van der Waals surface area contributed by atoms with E-state index >= 15 is 0 Å². The third kappa shape index (κ3) is 2.59. The van der Waals surface area contributed by atoms with Crippen LogP contribution in [0.3, 0.4) is 0 Å². The van der Waals surface area contributed by atoms with Crippen LogP contribution in [0.4, 0.5) is 0 Å². The Balaban J connectivity index is 1.68. The Kier molecular flexibility index (Phi) is 4.10. The van der Waals surface area contributed by atoms with Crippen molar-refractivity contribution in [3.63, 3.8) is 0 Å². The van der Waals surface area contributed by atoms with E-state index in [0.29, 0.717) is 26.0 Å². The SMILES string of the molecule is CCc1ccc2c(c1)OC[C@@H](NCC1(C(=O)O)CCC1)[C@H]2O. The highest BCUT2D eigenvalue weighted by Gasteiger charge is 2.45. The summed E-state index contributed by atoms with van der Waals surface area (Å²) in [6.45, 7) is 2.82. The van der Waals surface area contributed by atoms with E-state index in [2.05, 4.69) is 12.2 Å². The number of rotatable bonds is 5. The third-order valence-corrected chi connectivity index (χ3v) is 5.07. The van der Waals surface area contributed by atoms with Gasteiger partial charge in [-0.2, -0.15) is 0 Å². The van der Waals surface area contributed by atoms with Crippen LogP contribution in [0.2, 0.25) is 0 Å². The molecule has 0 bridgehead atoms. The fraction of sp³-hybridized carbons (Fsp3) is 0.588. The number of carboxylic acids is 1. The van der Waals surface area contributed by atoms with E-state index in [4.69, 9.17) is 4.74 Å². The summed E-state index contributed by atoms with van der Waals surface area (Å²) in [5.74, 6) is -0.00746. The summed E-state index contributed by atoms with van der Waals surface area (Å²) in [5.41, 5.74) is 1.29. The van der Waals surface area contributed by atoms with E-state index in [1.165, 1.54) is 5.56 Å². The molecular formula is C17H23NO4. The summed E-state index contributed by atoms with van der Waals surface area (Å²) in [6, 6.07) is 5.61. The maximum Gasteiger partial charge on any atom is 0.310 e. The average molecular weight is 305 g/mol. The van der Waals surface area contributed by atoms with E-state index in [0.717, 1.165) is 24.2 Å². The molecule has 2 atom stereocenters. The maximum absolute atomic E-state index is 11.4. The molecule has 0 saturated heterocycles. The first-order chi connectivity index (χ1) is 10.6. The van der Waals surface area contributed by atoms with Gasteiger partial charge < -0.3 is 20.3 Å². The Labute approximate surface area is 130 Å². The lowest BCUT2D eigenvalue weighted by atomic mass is 9.68. The average Bonchev–Trinajstić information content (AvgIpc) is 2.47. The monoisotopic (exact) mass is 305 g/mol. The molecule has 3 N–H and O–H groups in total. The van der Waals surface area contributed by atoms with E-state index in [1.54, 1.807) is 0 Å². The zero-order valence-corrected chi connectivity index (χ0v) is 12.8. The van der Waals surface area contributed by atoms with Gasteiger partial charge in [-0.3, -0.25) is 4.79 Å². The minimum atomic E-state index is -0.745. The molecule has 1 aliphatic heterocycles. The minimum Gasteiger partial charge on any atom is -0.491 e. The molecule has 22 heavy (non-hydrogen) atoms. The lowest BCUT2D eigenvalue weighted by Crippen LogP contribution is -2.52. The summed E-state index contributed by atoms with van der Waals surface area (Å²) in [6.07, 6.45) is 2.63. The number of aliphatic carboxylic acids is 1. The van der Waals surface area contributed by atoms with Crippen LogP contribution in [0.1, 0.15) is 43.4 Å². The van der Waals surface area contributed by atoms with Crippen molar-refractivity contribution >= 4 is 5.97 Å². The Hall–Kier alpha value is -1.59. The molecule has 1 saturated carbocycles. The van der Waals surface area contributed by atoms with Gasteiger partial charge in [-0.1, -0.05) is 25.5 Å². The first kappa shape index (κ1) is 15.3. The molecule has 1 aromatic rings. The van der Waals surface area contributed by atoms with Crippen molar-refractivity contribution in [1.29, 1.82) is 0 Å². The Bertz CT molecular complexity index is 568. The van der Waals surface area contributed by atoms with Gasteiger partial charge in [0.05, 0.1) is 11.5 Å². The van der Waals surface area contributed by atoms with E-state index < -0.39 is 17.5 Å². The number of aryl methyl sites for hydroxylation is 1. The standard InChI is InChI=1S/C17H23NO4/c1-2-11-4-5-12-14(8-11)22-9-13(15(12)19)18-10-17(16(20)21)6-3-7-17/h4-5,8,13,15,18-19H,2-3,6-7,9-10H2,1H3,(H,20,21)/t13-,15+/m1/s1. The molecule has 5 heteroatoms. The smallest absolute Gasteiger partial charge is 0.310 e. The van der Waals surface area contributed by atoms with Crippen LogP contribution in [-0.2, 0) is 11.2 Å². The van der Waals surface area contributed by atoms with Gasteiger partial charge in [0.15, 0.2) is 0 Å².